The highest BCUT2D eigenvalue weighted by molar-refractivity contribution is 5.97. The topological polar surface area (TPSA) is 101 Å². The molecule has 1 aliphatic carbocycles. The van der Waals surface area contributed by atoms with Gasteiger partial charge in [0, 0.05) is 43.7 Å². The van der Waals surface area contributed by atoms with Gasteiger partial charge in [-0.15, -0.1) is 5.06 Å². The molecule has 0 radical (unpaired) electrons. The molecule has 0 spiro atoms. The molecule has 0 bridgehead atoms. The Morgan fingerprint density at radius 3 is 2.40 bits per heavy atom. The van der Waals surface area contributed by atoms with E-state index in [4.69, 9.17) is 24.3 Å². The normalized spacial score (nSPS) is 15.6. The van der Waals surface area contributed by atoms with Crippen molar-refractivity contribution in [2.45, 2.75) is 25.9 Å². The molecular formula is C32H31N5O5. The molecule has 2 aliphatic rings. The number of methoxy groups -OCH3 is 2. The summed E-state index contributed by atoms with van der Waals surface area (Å²) in [5.74, 6) is 1.34. The van der Waals surface area contributed by atoms with E-state index in [2.05, 4.69) is 21.3 Å². The van der Waals surface area contributed by atoms with Crippen LogP contribution in [-0.2, 0) is 22.7 Å². The Bertz CT molecular complexity index is 1800. The summed E-state index contributed by atoms with van der Waals surface area (Å²) < 4.78 is 15.2. The highest BCUT2D eigenvalue weighted by Gasteiger charge is 2.33. The van der Waals surface area contributed by atoms with E-state index in [0.717, 1.165) is 34.6 Å². The van der Waals surface area contributed by atoms with Crippen LogP contribution in [0.25, 0.3) is 33.6 Å². The summed E-state index contributed by atoms with van der Waals surface area (Å²) in [6, 6.07) is 18.6. The summed E-state index contributed by atoms with van der Waals surface area (Å²) in [6.07, 6.45) is 4.24. The van der Waals surface area contributed by atoms with Crippen molar-refractivity contribution in [2.75, 3.05) is 27.3 Å². The highest BCUT2D eigenvalue weighted by Crippen LogP contribution is 2.38. The molecule has 0 atom stereocenters. The minimum absolute atomic E-state index is 0.203. The van der Waals surface area contributed by atoms with Crippen LogP contribution in [0.3, 0.4) is 0 Å². The lowest BCUT2D eigenvalue weighted by molar-refractivity contribution is -0.175. The van der Waals surface area contributed by atoms with Gasteiger partial charge in [0.15, 0.2) is 5.82 Å². The number of hydrogen-bond donors (Lipinski definition) is 0. The van der Waals surface area contributed by atoms with Crippen molar-refractivity contribution in [3.63, 3.8) is 0 Å². The zero-order valence-corrected chi connectivity index (χ0v) is 23.5. The molecule has 3 aromatic heterocycles. The van der Waals surface area contributed by atoms with E-state index in [9.17, 15) is 9.59 Å². The van der Waals surface area contributed by atoms with E-state index in [1.165, 1.54) is 20.0 Å². The quantitative estimate of drug-likeness (QED) is 0.231. The number of fused-ring (bicyclic) bond motifs is 2. The Kier molecular flexibility index (Phi) is 6.62. The Balaban J connectivity index is 1.27. The molecule has 1 saturated carbocycles. The molecule has 0 amide bonds. The van der Waals surface area contributed by atoms with Crippen LogP contribution < -0.4 is 4.74 Å². The average Bonchev–Trinajstić information content (AvgIpc) is 3.65. The van der Waals surface area contributed by atoms with Crippen molar-refractivity contribution in [1.82, 2.24) is 24.2 Å². The zero-order chi connectivity index (χ0) is 28.8. The van der Waals surface area contributed by atoms with Gasteiger partial charge < -0.3 is 23.4 Å². The fourth-order valence-electron chi connectivity index (χ4n) is 5.73. The third-order valence-electron chi connectivity index (χ3n) is 8.06. The molecule has 1 aliphatic heterocycles. The molecular weight excluding hydrogens is 534 g/mol. The monoisotopic (exact) mass is 565 g/mol. The summed E-state index contributed by atoms with van der Waals surface area (Å²) in [7, 11) is 2.95. The minimum Gasteiger partial charge on any atom is -0.494 e. The van der Waals surface area contributed by atoms with E-state index < -0.39 is 5.97 Å². The van der Waals surface area contributed by atoms with Gasteiger partial charge in [-0.25, -0.2) is 19.6 Å². The lowest BCUT2D eigenvalue weighted by Gasteiger charge is -2.37. The van der Waals surface area contributed by atoms with Gasteiger partial charge in [0.05, 0.1) is 36.6 Å². The third-order valence-corrected chi connectivity index (χ3v) is 8.06. The van der Waals surface area contributed by atoms with Crippen LogP contribution in [0, 0.1) is 11.8 Å². The molecule has 214 valence electrons. The van der Waals surface area contributed by atoms with Crippen molar-refractivity contribution >= 4 is 34.0 Å². The van der Waals surface area contributed by atoms with E-state index in [1.807, 2.05) is 30.5 Å². The van der Waals surface area contributed by atoms with Gasteiger partial charge >= 0.3 is 11.9 Å². The fourth-order valence-corrected chi connectivity index (χ4v) is 5.73. The van der Waals surface area contributed by atoms with Crippen LogP contribution in [0.5, 0.6) is 5.75 Å². The number of ether oxygens (including phenoxy) is 2. The van der Waals surface area contributed by atoms with E-state index in [0.29, 0.717) is 47.9 Å². The van der Waals surface area contributed by atoms with Gasteiger partial charge in [-0.2, -0.15) is 0 Å². The van der Waals surface area contributed by atoms with Crippen LogP contribution in [0.2, 0.25) is 0 Å². The van der Waals surface area contributed by atoms with Crippen LogP contribution in [0.15, 0.2) is 66.9 Å². The summed E-state index contributed by atoms with van der Waals surface area (Å²) >= 11 is 0. The van der Waals surface area contributed by atoms with Crippen molar-refractivity contribution in [2.24, 2.45) is 11.8 Å². The Morgan fingerprint density at radius 2 is 1.67 bits per heavy atom. The van der Waals surface area contributed by atoms with Crippen molar-refractivity contribution in [3.05, 3.63) is 78.0 Å². The van der Waals surface area contributed by atoms with E-state index in [1.54, 1.807) is 36.4 Å². The Labute approximate surface area is 242 Å². The largest absolute Gasteiger partial charge is 0.494 e. The maximum Gasteiger partial charge on any atom is 0.357 e. The zero-order valence-electron chi connectivity index (χ0n) is 23.5. The van der Waals surface area contributed by atoms with Crippen LogP contribution in [0.1, 0.15) is 33.6 Å². The molecule has 4 heterocycles. The number of benzene rings is 2. The minimum atomic E-state index is -0.451. The Hall–Kier alpha value is -4.70. The third kappa shape index (κ3) is 4.77. The Morgan fingerprint density at radius 1 is 0.881 bits per heavy atom. The molecule has 0 N–H and O–H groups in total. The number of carbonyl (C=O) groups excluding carboxylic acids is 2. The lowest BCUT2D eigenvalue weighted by Crippen LogP contribution is -2.49. The fraction of sp³-hybridized carbons (Fsp3) is 0.312. The smallest absolute Gasteiger partial charge is 0.357 e. The van der Waals surface area contributed by atoms with Gasteiger partial charge in [-0.1, -0.05) is 18.2 Å². The van der Waals surface area contributed by atoms with E-state index >= 15 is 0 Å². The molecule has 2 fully saturated rings. The molecule has 1 saturated heterocycles. The molecule has 0 unspecified atom stereocenters. The first-order chi connectivity index (χ1) is 20.5. The van der Waals surface area contributed by atoms with Gasteiger partial charge in [-0.05, 0) is 61.2 Å². The number of esters is 1. The standard InChI is InChI=1S/C32H31N5O5/c1-40-27-15-24(31(38)41-2)13-25-28(27)37(19-21-16-35(17-21)42-32(39)22-7-4-3-5-8-22)30(34-25)26-14-23-9-6-12-33-29(23)36(26)18-20-10-11-20/h3-9,12-15,20-21H,10-11,16-19H2,1-2H3. The summed E-state index contributed by atoms with van der Waals surface area (Å²) in [4.78, 5) is 40.5. The van der Waals surface area contributed by atoms with Gasteiger partial charge in [0.1, 0.15) is 16.9 Å². The summed E-state index contributed by atoms with van der Waals surface area (Å²) in [5, 5.41) is 2.75. The van der Waals surface area contributed by atoms with E-state index in [-0.39, 0.29) is 11.9 Å². The number of nitrogens with zero attached hydrogens (tertiary/aromatic N) is 5. The molecule has 10 heteroatoms. The number of carbonyl (C=O) groups is 2. The number of hydroxylamine groups is 2. The van der Waals surface area contributed by atoms with Crippen molar-refractivity contribution < 1.29 is 23.9 Å². The number of imidazole rings is 1. The molecule has 7 rings (SSSR count). The first kappa shape index (κ1) is 26.2. The first-order valence-corrected chi connectivity index (χ1v) is 14.2. The highest BCUT2D eigenvalue weighted by atomic mass is 16.7. The maximum atomic E-state index is 12.6. The van der Waals surface area contributed by atoms with Crippen molar-refractivity contribution in [3.8, 4) is 17.3 Å². The molecule has 2 aromatic carbocycles. The second-order valence-electron chi connectivity index (χ2n) is 11.0. The van der Waals surface area contributed by atoms with Crippen molar-refractivity contribution in [1.29, 1.82) is 0 Å². The SMILES string of the molecule is COC(=O)c1cc(OC)c2c(c1)nc(-c1cc3cccnc3n1CC1CC1)n2CC1CN(OC(=O)c2ccccc2)C1. The maximum absolute atomic E-state index is 12.6. The predicted octanol–water partition coefficient (Wildman–Crippen LogP) is 4.96. The van der Waals surface area contributed by atoms with Gasteiger partial charge in [-0.3, -0.25) is 0 Å². The van der Waals surface area contributed by atoms with Gasteiger partial charge in [0.2, 0.25) is 0 Å². The lowest BCUT2D eigenvalue weighted by atomic mass is 10.0. The van der Waals surface area contributed by atoms with Crippen LogP contribution in [-0.4, -0.2) is 63.4 Å². The van der Waals surface area contributed by atoms with Gasteiger partial charge in [0.25, 0.3) is 0 Å². The number of hydrogen-bond acceptors (Lipinski definition) is 8. The van der Waals surface area contributed by atoms with Crippen LogP contribution >= 0.6 is 0 Å². The molecule has 5 aromatic rings. The molecule has 42 heavy (non-hydrogen) atoms. The summed E-state index contributed by atoms with van der Waals surface area (Å²) in [6.45, 7) is 2.67. The number of pyridine rings is 1. The first-order valence-electron chi connectivity index (χ1n) is 14.2. The molecule has 10 nitrogen and oxygen atoms in total. The van der Waals surface area contributed by atoms with Crippen LogP contribution in [0.4, 0.5) is 0 Å². The number of aromatic nitrogens is 4. The second kappa shape index (κ2) is 10.6. The number of rotatable bonds is 9. The second-order valence-corrected chi connectivity index (χ2v) is 11.0. The summed E-state index contributed by atoms with van der Waals surface area (Å²) in [5.41, 5.74) is 4.25. The predicted molar refractivity (Wildman–Crippen MR) is 156 cm³/mol. The average molecular weight is 566 g/mol.